The van der Waals surface area contributed by atoms with Crippen molar-refractivity contribution in [2.75, 3.05) is 5.32 Å². The van der Waals surface area contributed by atoms with Gasteiger partial charge in [-0.15, -0.1) is 0 Å². The summed E-state index contributed by atoms with van der Waals surface area (Å²) in [4.78, 5) is 4.32. The SMILES string of the molecule is Cc1ccc(CNc2ccc3ncccc3c2)cc1. The molecule has 0 spiro atoms. The molecule has 1 N–H and O–H groups in total. The molecule has 0 aliphatic heterocycles. The minimum atomic E-state index is 0.839. The summed E-state index contributed by atoms with van der Waals surface area (Å²) >= 11 is 0. The predicted molar refractivity (Wildman–Crippen MR) is 80.2 cm³/mol. The van der Waals surface area contributed by atoms with Gasteiger partial charge in [-0.3, -0.25) is 4.98 Å². The number of aryl methyl sites for hydroxylation is 1. The third kappa shape index (κ3) is 2.74. The number of hydrogen-bond donors (Lipinski definition) is 1. The molecular formula is C17H16N2. The standard InChI is InChI=1S/C17H16N2/c1-13-4-6-14(7-5-13)12-19-16-8-9-17-15(11-16)3-2-10-18-17/h2-11,19H,12H2,1H3. The zero-order valence-electron chi connectivity index (χ0n) is 10.9. The molecule has 2 nitrogen and oxygen atoms in total. The van der Waals surface area contributed by atoms with Gasteiger partial charge in [0.05, 0.1) is 5.52 Å². The molecule has 0 amide bonds. The summed E-state index contributed by atoms with van der Waals surface area (Å²) in [7, 11) is 0. The molecule has 1 heterocycles. The van der Waals surface area contributed by atoms with E-state index in [2.05, 4.69) is 59.7 Å². The highest BCUT2D eigenvalue weighted by molar-refractivity contribution is 5.82. The molecule has 0 atom stereocenters. The summed E-state index contributed by atoms with van der Waals surface area (Å²) in [5.74, 6) is 0. The summed E-state index contributed by atoms with van der Waals surface area (Å²) in [6, 6.07) is 18.9. The highest BCUT2D eigenvalue weighted by atomic mass is 14.9. The molecule has 0 aliphatic carbocycles. The number of hydrogen-bond acceptors (Lipinski definition) is 2. The second-order valence-electron chi connectivity index (χ2n) is 4.75. The van der Waals surface area contributed by atoms with Crippen LogP contribution in [0.15, 0.2) is 60.8 Å². The van der Waals surface area contributed by atoms with E-state index in [1.807, 2.05) is 18.3 Å². The van der Waals surface area contributed by atoms with Gasteiger partial charge in [-0.25, -0.2) is 0 Å². The number of nitrogens with one attached hydrogen (secondary N) is 1. The van der Waals surface area contributed by atoms with Crippen LogP contribution in [-0.2, 0) is 6.54 Å². The van der Waals surface area contributed by atoms with Crippen molar-refractivity contribution >= 4 is 16.6 Å². The maximum atomic E-state index is 4.32. The van der Waals surface area contributed by atoms with Crippen molar-refractivity contribution in [2.45, 2.75) is 13.5 Å². The molecule has 94 valence electrons. The molecule has 19 heavy (non-hydrogen) atoms. The summed E-state index contributed by atoms with van der Waals surface area (Å²) in [6.45, 7) is 2.94. The minimum absolute atomic E-state index is 0.839. The Labute approximate surface area is 113 Å². The molecule has 0 fully saturated rings. The fraction of sp³-hybridized carbons (Fsp3) is 0.118. The second-order valence-corrected chi connectivity index (χ2v) is 4.75. The van der Waals surface area contributed by atoms with Gasteiger partial charge < -0.3 is 5.32 Å². The van der Waals surface area contributed by atoms with Crippen LogP contribution in [0.5, 0.6) is 0 Å². The van der Waals surface area contributed by atoms with Gasteiger partial charge in [0.25, 0.3) is 0 Å². The van der Waals surface area contributed by atoms with Gasteiger partial charge in [0.15, 0.2) is 0 Å². The lowest BCUT2D eigenvalue weighted by Crippen LogP contribution is -1.99. The Kier molecular flexibility index (Phi) is 3.15. The first-order valence-corrected chi connectivity index (χ1v) is 6.45. The normalized spacial score (nSPS) is 10.6. The maximum absolute atomic E-state index is 4.32. The fourth-order valence-corrected chi connectivity index (χ4v) is 2.10. The van der Waals surface area contributed by atoms with Crippen molar-refractivity contribution in [3.8, 4) is 0 Å². The van der Waals surface area contributed by atoms with Crippen molar-refractivity contribution in [3.05, 3.63) is 71.9 Å². The van der Waals surface area contributed by atoms with E-state index in [0.717, 1.165) is 23.1 Å². The van der Waals surface area contributed by atoms with Gasteiger partial charge in [-0.1, -0.05) is 35.9 Å². The zero-order chi connectivity index (χ0) is 13.1. The smallest absolute Gasteiger partial charge is 0.0703 e. The average Bonchev–Trinajstić information content (AvgIpc) is 2.46. The van der Waals surface area contributed by atoms with Crippen LogP contribution in [0.4, 0.5) is 5.69 Å². The topological polar surface area (TPSA) is 24.9 Å². The van der Waals surface area contributed by atoms with E-state index in [4.69, 9.17) is 0 Å². The van der Waals surface area contributed by atoms with Crippen LogP contribution in [-0.4, -0.2) is 4.98 Å². The highest BCUT2D eigenvalue weighted by Gasteiger charge is 1.97. The lowest BCUT2D eigenvalue weighted by molar-refractivity contribution is 1.15. The zero-order valence-corrected chi connectivity index (χ0v) is 10.9. The summed E-state index contributed by atoms with van der Waals surface area (Å²) < 4.78 is 0. The van der Waals surface area contributed by atoms with Crippen LogP contribution >= 0.6 is 0 Å². The van der Waals surface area contributed by atoms with Crippen molar-refractivity contribution in [1.29, 1.82) is 0 Å². The van der Waals surface area contributed by atoms with E-state index in [1.165, 1.54) is 11.1 Å². The number of anilines is 1. The second kappa shape index (κ2) is 5.11. The number of fused-ring (bicyclic) bond motifs is 1. The Morgan fingerprint density at radius 3 is 2.68 bits per heavy atom. The number of nitrogens with zero attached hydrogens (tertiary/aromatic N) is 1. The fourth-order valence-electron chi connectivity index (χ4n) is 2.10. The van der Waals surface area contributed by atoms with E-state index < -0.39 is 0 Å². The van der Waals surface area contributed by atoms with Gasteiger partial charge in [-0.05, 0) is 36.8 Å². The van der Waals surface area contributed by atoms with Crippen molar-refractivity contribution in [2.24, 2.45) is 0 Å². The molecule has 3 rings (SSSR count). The molecule has 3 aromatic rings. The molecule has 0 radical (unpaired) electrons. The Bertz CT molecular complexity index is 687. The largest absolute Gasteiger partial charge is 0.381 e. The average molecular weight is 248 g/mol. The highest BCUT2D eigenvalue weighted by Crippen LogP contribution is 2.17. The number of benzene rings is 2. The first-order valence-electron chi connectivity index (χ1n) is 6.45. The van der Waals surface area contributed by atoms with E-state index in [0.29, 0.717) is 0 Å². The van der Waals surface area contributed by atoms with Crippen LogP contribution in [0.25, 0.3) is 10.9 Å². The Balaban J connectivity index is 1.76. The molecule has 2 aromatic carbocycles. The molecule has 0 aliphatic rings. The minimum Gasteiger partial charge on any atom is -0.381 e. The summed E-state index contributed by atoms with van der Waals surface area (Å²) in [5, 5.41) is 4.61. The van der Waals surface area contributed by atoms with Gasteiger partial charge in [0, 0.05) is 23.8 Å². The van der Waals surface area contributed by atoms with Crippen molar-refractivity contribution < 1.29 is 0 Å². The maximum Gasteiger partial charge on any atom is 0.0703 e. The first kappa shape index (κ1) is 11.7. The third-order valence-corrected chi connectivity index (χ3v) is 3.22. The van der Waals surface area contributed by atoms with Gasteiger partial charge in [0.2, 0.25) is 0 Å². The lowest BCUT2D eigenvalue weighted by atomic mass is 10.1. The quantitative estimate of drug-likeness (QED) is 0.753. The Morgan fingerprint density at radius 2 is 1.84 bits per heavy atom. The Morgan fingerprint density at radius 1 is 1.00 bits per heavy atom. The van der Waals surface area contributed by atoms with Crippen LogP contribution < -0.4 is 5.32 Å². The molecule has 1 aromatic heterocycles. The number of pyridine rings is 1. The molecule has 2 heteroatoms. The number of aromatic nitrogens is 1. The van der Waals surface area contributed by atoms with Crippen molar-refractivity contribution in [3.63, 3.8) is 0 Å². The summed E-state index contributed by atoms with van der Waals surface area (Å²) in [5.41, 5.74) is 4.74. The third-order valence-electron chi connectivity index (χ3n) is 3.22. The van der Waals surface area contributed by atoms with Crippen LogP contribution in [0.1, 0.15) is 11.1 Å². The first-order chi connectivity index (χ1) is 9.31. The molecular weight excluding hydrogens is 232 g/mol. The molecule has 0 bridgehead atoms. The van der Waals surface area contributed by atoms with Crippen LogP contribution in [0, 0.1) is 6.92 Å². The Hall–Kier alpha value is -2.35. The van der Waals surface area contributed by atoms with Crippen LogP contribution in [0.3, 0.4) is 0 Å². The van der Waals surface area contributed by atoms with Crippen LogP contribution in [0.2, 0.25) is 0 Å². The van der Waals surface area contributed by atoms with Gasteiger partial charge in [-0.2, -0.15) is 0 Å². The lowest BCUT2D eigenvalue weighted by Gasteiger charge is -2.08. The van der Waals surface area contributed by atoms with E-state index >= 15 is 0 Å². The molecule has 0 saturated carbocycles. The molecule has 0 saturated heterocycles. The predicted octanol–water partition coefficient (Wildman–Crippen LogP) is 4.16. The summed E-state index contributed by atoms with van der Waals surface area (Å²) in [6.07, 6.45) is 1.82. The van der Waals surface area contributed by atoms with E-state index in [9.17, 15) is 0 Å². The van der Waals surface area contributed by atoms with Gasteiger partial charge in [0.1, 0.15) is 0 Å². The van der Waals surface area contributed by atoms with E-state index in [1.54, 1.807) is 0 Å². The van der Waals surface area contributed by atoms with Crippen molar-refractivity contribution in [1.82, 2.24) is 4.98 Å². The monoisotopic (exact) mass is 248 g/mol. The van der Waals surface area contributed by atoms with E-state index in [-0.39, 0.29) is 0 Å². The number of rotatable bonds is 3. The van der Waals surface area contributed by atoms with Gasteiger partial charge >= 0.3 is 0 Å². The molecule has 0 unspecified atom stereocenters.